The summed E-state index contributed by atoms with van der Waals surface area (Å²) >= 11 is 0. The monoisotopic (exact) mass is 412 g/mol. The van der Waals surface area contributed by atoms with E-state index in [-0.39, 0.29) is 19.9 Å². The molecule has 0 aliphatic carbocycles. The number of imide groups is 1. The first-order chi connectivity index (χ1) is 14.3. The molecule has 158 valence electrons. The fraction of sp³-hybridized carbons (Fsp3) is 0.364. The zero-order valence-corrected chi connectivity index (χ0v) is 17.1. The molecule has 2 N–H and O–H groups in total. The summed E-state index contributed by atoms with van der Waals surface area (Å²) in [6.45, 7) is 5.38. The lowest BCUT2D eigenvalue weighted by Gasteiger charge is -2.23. The SMILES string of the molecule is Cc1cccc(C)c1OC[C@H](O)CN1C(=O)N[C@](C)(c2ccc3c(c2)OCO3)C1=O. The Labute approximate surface area is 174 Å². The van der Waals surface area contributed by atoms with Gasteiger partial charge in [0.2, 0.25) is 6.79 Å². The van der Waals surface area contributed by atoms with Gasteiger partial charge in [0.05, 0.1) is 6.54 Å². The van der Waals surface area contributed by atoms with Gasteiger partial charge in [-0.3, -0.25) is 9.69 Å². The van der Waals surface area contributed by atoms with E-state index in [9.17, 15) is 14.7 Å². The summed E-state index contributed by atoms with van der Waals surface area (Å²) in [5.74, 6) is 1.36. The smallest absolute Gasteiger partial charge is 0.325 e. The predicted octanol–water partition coefficient (Wildman–Crippen LogP) is 2.24. The molecule has 3 amide bonds. The number of ether oxygens (including phenoxy) is 3. The van der Waals surface area contributed by atoms with Gasteiger partial charge in [0.15, 0.2) is 11.5 Å². The second-order valence-electron chi connectivity index (χ2n) is 7.72. The van der Waals surface area contributed by atoms with Crippen molar-refractivity contribution in [3.8, 4) is 17.2 Å². The Morgan fingerprint density at radius 2 is 1.87 bits per heavy atom. The number of hydrogen-bond donors (Lipinski definition) is 2. The molecule has 2 atom stereocenters. The van der Waals surface area contributed by atoms with Gasteiger partial charge in [-0.15, -0.1) is 0 Å². The molecule has 2 heterocycles. The van der Waals surface area contributed by atoms with Gasteiger partial charge < -0.3 is 24.6 Å². The molecule has 4 rings (SSSR count). The van der Waals surface area contributed by atoms with Crippen LogP contribution in [0.2, 0.25) is 0 Å². The number of aliphatic hydroxyl groups excluding tert-OH is 1. The number of amides is 3. The molecule has 2 aromatic carbocycles. The van der Waals surface area contributed by atoms with E-state index in [2.05, 4.69) is 5.32 Å². The molecular weight excluding hydrogens is 388 g/mol. The van der Waals surface area contributed by atoms with Gasteiger partial charge in [0.1, 0.15) is 24.0 Å². The Morgan fingerprint density at radius 3 is 2.60 bits per heavy atom. The molecule has 1 fully saturated rings. The highest BCUT2D eigenvalue weighted by Gasteiger charge is 2.49. The Hall–Kier alpha value is -3.26. The van der Waals surface area contributed by atoms with Crippen LogP contribution in [0.25, 0.3) is 0 Å². The Morgan fingerprint density at radius 1 is 1.17 bits per heavy atom. The quantitative estimate of drug-likeness (QED) is 0.707. The van der Waals surface area contributed by atoms with Crippen LogP contribution in [0.5, 0.6) is 17.2 Å². The van der Waals surface area contributed by atoms with Crippen molar-refractivity contribution in [2.45, 2.75) is 32.4 Å². The summed E-state index contributed by atoms with van der Waals surface area (Å²) in [5.41, 5.74) is 1.22. The van der Waals surface area contributed by atoms with Crippen LogP contribution in [-0.2, 0) is 10.3 Å². The molecule has 8 nitrogen and oxygen atoms in total. The highest BCUT2D eigenvalue weighted by molar-refractivity contribution is 6.07. The summed E-state index contributed by atoms with van der Waals surface area (Å²) in [5, 5.41) is 13.1. The van der Waals surface area contributed by atoms with Gasteiger partial charge in [-0.2, -0.15) is 0 Å². The number of nitrogens with zero attached hydrogens (tertiary/aromatic N) is 1. The number of hydrogen-bond acceptors (Lipinski definition) is 6. The lowest BCUT2D eigenvalue weighted by Crippen LogP contribution is -2.42. The fourth-order valence-electron chi connectivity index (χ4n) is 3.74. The van der Waals surface area contributed by atoms with Crippen LogP contribution in [0.1, 0.15) is 23.6 Å². The van der Waals surface area contributed by atoms with E-state index in [0.717, 1.165) is 16.0 Å². The third-order valence-corrected chi connectivity index (χ3v) is 5.45. The molecule has 8 heteroatoms. The maximum atomic E-state index is 13.1. The van der Waals surface area contributed by atoms with Gasteiger partial charge in [-0.25, -0.2) is 4.79 Å². The molecule has 0 saturated carbocycles. The van der Waals surface area contributed by atoms with Gasteiger partial charge in [-0.05, 0) is 49.6 Å². The van der Waals surface area contributed by atoms with Crippen LogP contribution < -0.4 is 19.5 Å². The van der Waals surface area contributed by atoms with E-state index in [0.29, 0.717) is 22.8 Å². The van der Waals surface area contributed by atoms with Crippen molar-refractivity contribution in [2.24, 2.45) is 0 Å². The number of rotatable bonds is 6. The molecule has 30 heavy (non-hydrogen) atoms. The van der Waals surface area contributed by atoms with Crippen molar-refractivity contribution < 1.29 is 28.9 Å². The minimum atomic E-state index is -1.26. The van der Waals surface area contributed by atoms with E-state index in [1.165, 1.54) is 0 Å². The molecule has 2 aliphatic rings. The maximum absolute atomic E-state index is 13.1. The largest absolute Gasteiger partial charge is 0.490 e. The molecule has 0 bridgehead atoms. The van der Waals surface area contributed by atoms with Crippen LogP contribution in [0.3, 0.4) is 0 Å². The first kappa shape index (κ1) is 20.0. The number of aryl methyl sites for hydroxylation is 2. The standard InChI is InChI=1S/C22H24N2O6/c1-13-5-4-6-14(2)19(13)28-11-16(25)10-24-20(26)22(3,23-21(24)27)15-7-8-17-18(9-15)30-12-29-17/h4-9,16,25H,10-12H2,1-3H3,(H,23,27)/t16-,22-/m1/s1. The van der Waals surface area contributed by atoms with Gasteiger partial charge in [0.25, 0.3) is 5.91 Å². The molecular formula is C22H24N2O6. The lowest BCUT2D eigenvalue weighted by molar-refractivity contribution is -0.132. The number of aliphatic hydroxyl groups is 1. The van der Waals surface area contributed by atoms with Crippen molar-refractivity contribution in [1.82, 2.24) is 10.2 Å². The van der Waals surface area contributed by atoms with Crippen LogP contribution >= 0.6 is 0 Å². The van der Waals surface area contributed by atoms with Crippen molar-refractivity contribution in [3.05, 3.63) is 53.1 Å². The number of benzene rings is 2. The normalized spacial score (nSPS) is 21.0. The van der Waals surface area contributed by atoms with E-state index >= 15 is 0 Å². The summed E-state index contributed by atoms with van der Waals surface area (Å²) < 4.78 is 16.4. The molecule has 0 unspecified atom stereocenters. The molecule has 0 aromatic heterocycles. The maximum Gasteiger partial charge on any atom is 0.325 e. The number of fused-ring (bicyclic) bond motifs is 1. The van der Waals surface area contributed by atoms with Crippen LogP contribution in [0.15, 0.2) is 36.4 Å². The number of β-amino-alcohol motifs (C(OH)–C–C–N with tert-alkyl or cyclic N) is 1. The molecule has 1 saturated heterocycles. The van der Waals surface area contributed by atoms with Gasteiger partial charge in [-0.1, -0.05) is 24.3 Å². The first-order valence-electron chi connectivity index (χ1n) is 9.71. The van der Waals surface area contributed by atoms with Crippen LogP contribution in [-0.4, -0.2) is 48.0 Å². The molecule has 0 spiro atoms. The summed E-state index contributed by atoms with van der Waals surface area (Å²) in [6.07, 6.45) is -1.03. The Bertz CT molecular complexity index is 987. The van der Waals surface area contributed by atoms with Crippen molar-refractivity contribution in [2.75, 3.05) is 19.9 Å². The molecule has 2 aromatic rings. The third-order valence-electron chi connectivity index (χ3n) is 5.45. The second-order valence-corrected chi connectivity index (χ2v) is 7.72. The molecule has 0 radical (unpaired) electrons. The van der Waals surface area contributed by atoms with Crippen molar-refractivity contribution >= 4 is 11.9 Å². The minimum absolute atomic E-state index is 0.0382. The Kier molecular flexibility index (Phi) is 5.03. The third kappa shape index (κ3) is 3.43. The highest BCUT2D eigenvalue weighted by Crippen LogP contribution is 2.37. The summed E-state index contributed by atoms with van der Waals surface area (Å²) in [6, 6.07) is 10.3. The Balaban J connectivity index is 1.45. The number of urea groups is 1. The number of carbonyl (C=O) groups is 2. The topological polar surface area (TPSA) is 97.3 Å². The zero-order valence-electron chi connectivity index (χ0n) is 17.1. The van der Waals surface area contributed by atoms with Crippen LogP contribution in [0.4, 0.5) is 4.79 Å². The highest BCUT2D eigenvalue weighted by atomic mass is 16.7. The average Bonchev–Trinajstić information content (AvgIpc) is 3.26. The lowest BCUT2D eigenvalue weighted by atomic mass is 9.91. The average molecular weight is 412 g/mol. The van der Waals surface area contributed by atoms with Gasteiger partial charge >= 0.3 is 6.03 Å². The van der Waals surface area contributed by atoms with E-state index in [1.807, 2.05) is 32.0 Å². The number of para-hydroxylation sites is 1. The number of nitrogens with one attached hydrogen (secondary N) is 1. The van der Waals surface area contributed by atoms with Gasteiger partial charge in [0, 0.05) is 0 Å². The predicted molar refractivity (Wildman–Crippen MR) is 108 cm³/mol. The molecule has 2 aliphatic heterocycles. The van der Waals surface area contributed by atoms with Crippen LogP contribution in [0, 0.1) is 13.8 Å². The number of carbonyl (C=O) groups excluding carboxylic acids is 2. The summed E-state index contributed by atoms with van der Waals surface area (Å²) in [7, 11) is 0. The summed E-state index contributed by atoms with van der Waals surface area (Å²) in [4.78, 5) is 26.6. The fourth-order valence-corrected chi connectivity index (χ4v) is 3.74. The van der Waals surface area contributed by atoms with Crippen molar-refractivity contribution in [3.63, 3.8) is 0 Å². The first-order valence-corrected chi connectivity index (χ1v) is 9.71. The second kappa shape index (κ2) is 7.53. The van der Waals surface area contributed by atoms with E-state index < -0.39 is 23.6 Å². The van der Waals surface area contributed by atoms with E-state index in [4.69, 9.17) is 14.2 Å². The van der Waals surface area contributed by atoms with Crippen molar-refractivity contribution in [1.29, 1.82) is 0 Å². The minimum Gasteiger partial charge on any atom is -0.490 e. The zero-order chi connectivity index (χ0) is 21.5. The van der Waals surface area contributed by atoms with E-state index in [1.54, 1.807) is 25.1 Å².